The lowest BCUT2D eigenvalue weighted by Gasteiger charge is -2.03. The van der Waals surface area contributed by atoms with E-state index in [1.54, 1.807) is 0 Å². The molecule has 0 amide bonds. The zero-order valence-electron chi connectivity index (χ0n) is 7.25. The van der Waals surface area contributed by atoms with Crippen LogP contribution in [0.15, 0.2) is 0 Å². The lowest BCUT2D eigenvalue weighted by molar-refractivity contribution is 0.207. The number of hydrogen-bond donors (Lipinski definition) is 2. The summed E-state index contributed by atoms with van der Waals surface area (Å²) in [6, 6.07) is 0. The smallest absolute Gasteiger partial charge is 0.283 e. The molecule has 0 saturated heterocycles. The molecule has 0 aromatic heterocycles. The first-order chi connectivity index (χ1) is 5.62. The van der Waals surface area contributed by atoms with Crippen LogP contribution in [-0.2, 0) is 14.4 Å². The fourth-order valence-corrected chi connectivity index (χ4v) is 1.54. The molecule has 0 aliphatic carbocycles. The molecule has 74 valence electrons. The molecule has 0 fully saturated rings. The van der Waals surface area contributed by atoms with Crippen LogP contribution in [0.3, 0.4) is 0 Å². The summed E-state index contributed by atoms with van der Waals surface area (Å²) in [6.45, 7) is 2.61. The number of nitrogens with two attached hydrogens (primary N) is 1. The summed E-state index contributed by atoms with van der Waals surface area (Å²) >= 11 is 0. The third-order valence-corrected chi connectivity index (χ3v) is 2.34. The van der Waals surface area contributed by atoms with Gasteiger partial charge in [0.25, 0.3) is 10.1 Å². The molecular formula is C6H16N2O3S. The molecule has 0 aliphatic rings. The quantitative estimate of drug-likeness (QED) is 0.427. The van der Waals surface area contributed by atoms with Crippen LogP contribution in [0.1, 0.15) is 19.8 Å². The third-order valence-electron chi connectivity index (χ3n) is 1.18. The topological polar surface area (TPSA) is 81.4 Å². The maximum Gasteiger partial charge on any atom is 0.283 e. The van der Waals surface area contributed by atoms with Crippen molar-refractivity contribution in [1.29, 1.82) is 0 Å². The van der Waals surface area contributed by atoms with Gasteiger partial charge in [0.1, 0.15) is 0 Å². The van der Waals surface area contributed by atoms with E-state index in [-0.39, 0.29) is 5.75 Å². The van der Waals surface area contributed by atoms with Crippen molar-refractivity contribution in [2.45, 2.75) is 19.8 Å². The van der Waals surface area contributed by atoms with Gasteiger partial charge in [0, 0.05) is 13.1 Å². The highest BCUT2D eigenvalue weighted by molar-refractivity contribution is 7.86. The molecule has 0 aromatic rings. The molecule has 6 heteroatoms. The van der Waals surface area contributed by atoms with Gasteiger partial charge in [-0.05, 0) is 6.42 Å². The SMILES string of the molecule is CCCCS(=O)(=O)ONCCN. The molecule has 0 aromatic carbocycles. The summed E-state index contributed by atoms with van der Waals surface area (Å²) in [5.74, 6) is 0.0566. The van der Waals surface area contributed by atoms with Crippen molar-refractivity contribution in [1.82, 2.24) is 5.48 Å². The van der Waals surface area contributed by atoms with Crippen LogP contribution in [0, 0.1) is 0 Å². The van der Waals surface area contributed by atoms with Gasteiger partial charge >= 0.3 is 0 Å². The summed E-state index contributed by atoms with van der Waals surface area (Å²) < 4.78 is 26.3. The summed E-state index contributed by atoms with van der Waals surface area (Å²) in [5, 5.41) is 0. The molecule has 0 unspecified atom stereocenters. The zero-order chi connectivity index (χ0) is 9.45. The maximum atomic E-state index is 10.9. The third kappa shape index (κ3) is 6.53. The minimum atomic E-state index is -3.38. The molecule has 0 heterocycles. The number of rotatable bonds is 7. The first kappa shape index (κ1) is 11.8. The first-order valence-corrected chi connectivity index (χ1v) is 5.54. The van der Waals surface area contributed by atoms with E-state index in [1.807, 2.05) is 6.92 Å². The molecule has 0 aliphatic heterocycles. The van der Waals surface area contributed by atoms with Crippen LogP contribution < -0.4 is 11.2 Å². The summed E-state index contributed by atoms with van der Waals surface area (Å²) in [7, 11) is -3.38. The Morgan fingerprint density at radius 1 is 1.50 bits per heavy atom. The second kappa shape index (κ2) is 6.36. The van der Waals surface area contributed by atoms with Crippen LogP contribution >= 0.6 is 0 Å². The molecule has 0 bridgehead atoms. The van der Waals surface area contributed by atoms with E-state index in [2.05, 4.69) is 9.76 Å². The van der Waals surface area contributed by atoms with Crippen molar-refractivity contribution in [3.8, 4) is 0 Å². The van der Waals surface area contributed by atoms with Crippen molar-refractivity contribution in [3.63, 3.8) is 0 Å². The summed E-state index contributed by atoms with van der Waals surface area (Å²) in [5.41, 5.74) is 7.39. The predicted octanol–water partition coefficient (Wildman–Crippen LogP) is -0.404. The fourth-order valence-electron chi connectivity index (χ4n) is 0.553. The molecule has 0 saturated carbocycles. The minimum Gasteiger partial charge on any atom is -0.329 e. The van der Waals surface area contributed by atoms with E-state index >= 15 is 0 Å². The van der Waals surface area contributed by atoms with Gasteiger partial charge in [0.2, 0.25) is 0 Å². The average molecular weight is 196 g/mol. The van der Waals surface area contributed by atoms with Crippen molar-refractivity contribution >= 4 is 10.1 Å². The van der Waals surface area contributed by atoms with E-state index in [4.69, 9.17) is 5.73 Å². The Morgan fingerprint density at radius 2 is 2.17 bits per heavy atom. The van der Waals surface area contributed by atoms with Crippen LogP contribution in [0.5, 0.6) is 0 Å². The molecule has 3 N–H and O–H groups in total. The van der Waals surface area contributed by atoms with Crippen LogP contribution in [-0.4, -0.2) is 27.3 Å². The van der Waals surface area contributed by atoms with Gasteiger partial charge in [-0.25, -0.2) is 0 Å². The normalized spacial score (nSPS) is 11.8. The Morgan fingerprint density at radius 3 is 2.67 bits per heavy atom. The Labute approximate surface area is 73.4 Å². The molecule has 0 spiro atoms. The highest BCUT2D eigenvalue weighted by atomic mass is 32.2. The van der Waals surface area contributed by atoms with Crippen molar-refractivity contribution in [3.05, 3.63) is 0 Å². The average Bonchev–Trinajstić information content (AvgIpc) is 2.01. The first-order valence-electron chi connectivity index (χ1n) is 3.96. The van der Waals surface area contributed by atoms with Crippen LogP contribution in [0.4, 0.5) is 0 Å². The minimum absolute atomic E-state index is 0.0566. The van der Waals surface area contributed by atoms with Gasteiger partial charge in [-0.2, -0.15) is 18.2 Å². The van der Waals surface area contributed by atoms with Crippen LogP contribution in [0.2, 0.25) is 0 Å². The van der Waals surface area contributed by atoms with E-state index < -0.39 is 10.1 Å². The zero-order valence-corrected chi connectivity index (χ0v) is 8.06. The second-order valence-corrected chi connectivity index (χ2v) is 4.07. The van der Waals surface area contributed by atoms with Gasteiger partial charge in [-0.1, -0.05) is 13.3 Å². The summed E-state index contributed by atoms with van der Waals surface area (Å²) in [4.78, 5) is 0. The largest absolute Gasteiger partial charge is 0.329 e. The molecular weight excluding hydrogens is 180 g/mol. The van der Waals surface area contributed by atoms with E-state index in [0.29, 0.717) is 19.5 Å². The van der Waals surface area contributed by atoms with Gasteiger partial charge in [0.05, 0.1) is 5.75 Å². The van der Waals surface area contributed by atoms with Crippen molar-refractivity contribution in [2.75, 3.05) is 18.8 Å². The Balaban J connectivity index is 3.58. The lowest BCUT2D eigenvalue weighted by Crippen LogP contribution is -2.27. The van der Waals surface area contributed by atoms with Gasteiger partial charge in [-0.15, -0.1) is 0 Å². The number of hydrogen-bond acceptors (Lipinski definition) is 5. The Kier molecular flexibility index (Phi) is 6.27. The second-order valence-electron chi connectivity index (χ2n) is 2.38. The maximum absolute atomic E-state index is 10.9. The van der Waals surface area contributed by atoms with E-state index in [0.717, 1.165) is 6.42 Å². The highest BCUT2D eigenvalue weighted by Gasteiger charge is 2.09. The van der Waals surface area contributed by atoms with Crippen LogP contribution in [0.25, 0.3) is 0 Å². The molecule has 12 heavy (non-hydrogen) atoms. The summed E-state index contributed by atoms with van der Waals surface area (Å²) in [6.07, 6.45) is 1.45. The molecule has 0 rings (SSSR count). The van der Waals surface area contributed by atoms with E-state index in [9.17, 15) is 8.42 Å². The highest BCUT2D eigenvalue weighted by Crippen LogP contribution is 1.96. The van der Waals surface area contributed by atoms with Gasteiger partial charge in [-0.3, -0.25) is 0 Å². The molecule has 5 nitrogen and oxygen atoms in total. The van der Waals surface area contributed by atoms with Crippen molar-refractivity contribution < 1.29 is 12.7 Å². The standard InChI is InChI=1S/C6H16N2O3S/c1-2-3-6-12(9,10)11-8-5-4-7/h8H,2-7H2,1H3. The fraction of sp³-hybridized carbons (Fsp3) is 1.00. The Hall–Kier alpha value is -0.170. The predicted molar refractivity (Wildman–Crippen MR) is 46.8 cm³/mol. The van der Waals surface area contributed by atoms with Gasteiger partial charge < -0.3 is 5.73 Å². The van der Waals surface area contributed by atoms with E-state index in [1.165, 1.54) is 0 Å². The lowest BCUT2D eigenvalue weighted by atomic mass is 10.4. The van der Waals surface area contributed by atoms with Gasteiger partial charge in [0.15, 0.2) is 0 Å². The number of nitrogens with one attached hydrogen (secondary N) is 1. The monoisotopic (exact) mass is 196 g/mol. The molecule has 0 atom stereocenters. The number of unbranched alkanes of at least 4 members (excludes halogenated alkanes) is 1. The number of hydroxylamine groups is 1. The van der Waals surface area contributed by atoms with Crippen molar-refractivity contribution in [2.24, 2.45) is 5.73 Å². The molecule has 0 radical (unpaired) electrons. The Bertz CT molecular complexity index is 191.